The maximum Gasteiger partial charge on any atom is 0.370 e. The van der Waals surface area contributed by atoms with E-state index >= 15 is 0 Å². The molecule has 0 amide bonds. The fourth-order valence-electron chi connectivity index (χ4n) is 2.14. The van der Waals surface area contributed by atoms with E-state index in [4.69, 9.17) is 5.53 Å². The van der Waals surface area contributed by atoms with Crippen molar-refractivity contribution in [3.05, 3.63) is 5.53 Å². The normalized spacial score (nSPS) is 18.6. The van der Waals surface area contributed by atoms with Gasteiger partial charge < -0.3 is 5.53 Å². The van der Waals surface area contributed by atoms with Crippen molar-refractivity contribution in [3.63, 3.8) is 0 Å². The smallest absolute Gasteiger partial charge is 0.361 e. The summed E-state index contributed by atoms with van der Waals surface area (Å²) >= 11 is 0. The Morgan fingerprint density at radius 3 is 2.17 bits per heavy atom. The van der Waals surface area contributed by atoms with Gasteiger partial charge in [0.1, 0.15) is 0 Å². The van der Waals surface area contributed by atoms with Gasteiger partial charge in [-0.3, -0.25) is 0 Å². The topological polar surface area (TPSA) is 105 Å². The minimum absolute atomic E-state index is 0.400. The van der Waals surface area contributed by atoms with Crippen LogP contribution in [-0.2, 0) is 19.7 Å². The Morgan fingerprint density at radius 1 is 1.22 bits per heavy atom. The molecule has 1 fully saturated rings. The van der Waals surface area contributed by atoms with Gasteiger partial charge in [0.05, 0.1) is 15.7 Å². The van der Waals surface area contributed by atoms with Crippen LogP contribution in [0.2, 0.25) is 0 Å². The number of nitrogens with zero attached hydrogens (tertiary/aromatic N) is 2. The Balaban J connectivity index is 2.99. The molecule has 1 aliphatic carbocycles. The molecule has 1 aliphatic rings. The summed E-state index contributed by atoms with van der Waals surface area (Å²) in [4.78, 5) is 2.49. The van der Waals surface area contributed by atoms with Crippen LogP contribution in [0.1, 0.15) is 39.5 Å². The molecular weight excluding hydrogens is 276 g/mol. The number of hydrogen-bond acceptors (Lipinski definition) is 4. The van der Waals surface area contributed by atoms with Crippen molar-refractivity contribution in [2.75, 3.05) is 5.75 Å². The largest absolute Gasteiger partial charge is 0.370 e. The molecule has 1 saturated carbocycles. The summed E-state index contributed by atoms with van der Waals surface area (Å²) in [7, 11) is -7.34. The fraction of sp³-hybridized carbons (Fsp3) is 0.900. The average Bonchev–Trinajstić information content (AvgIpc) is 2.68. The van der Waals surface area contributed by atoms with E-state index in [9.17, 15) is 16.8 Å². The van der Waals surface area contributed by atoms with E-state index in [-0.39, 0.29) is 0 Å². The molecule has 18 heavy (non-hydrogen) atoms. The number of hydrogen-bond donors (Lipinski definition) is 0. The first-order chi connectivity index (χ1) is 8.12. The van der Waals surface area contributed by atoms with Crippen LogP contribution in [0, 0.1) is 0 Å². The van der Waals surface area contributed by atoms with Gasteiger partial charge in [-0.15, -0.1) is 0 Å². The minimum atomic E-state index is -3.89. The van der Waals surface area contributed by atoms with E-state index in [1.54, 1.807) is 0 Å². The van der Waals surface area contributed by atoms with Gasteiger partial charge in [-0.05, 0) is 26.7 Å². The van der Waals surface area contributed by atoms with E-state index in [1.807, 2.05) is 0 Å². The monoisotopic (exact) mass is 294 g/mol. The van der Waals surface area contributed by atoms with Gasteiger partial charge in [0.2, 0.25) is 0 Å². The summed E-state index contributed by atoms with van der Waals surface area (Å²) in [5.74, 6) is -0.445. The third kappa shape index (κ3) is 3.18. The molecule has 0 aromatic heterocycles. The molecule has 0 atom stereocenters. The van der Waals surface area contributed by atoms with E-state index in [0.29, 0.717) is 18.4 Å². The predicted octanol–water partition coefficient (Wildman–Crippen LogP) is 0.795. The van der Waals surface area contributed by atoms with Crippen molar-refractivity contribution < 1.29 is 21.6 Å². The maximum atomic E-state index is 12.1. The Morgan fingerprint density at radius 2 is 1.72 bits per heavy atom. The van der Waals surface area contributed by atoms with Gasteiger partial charge in [0.25, 0.3) is 9.84 Å². The second kappa shape index (κ2) is 5.11. The van der Waals surface area contributed by atoms with Crippen molar-refractivity contribution in [2.45, 2.75) is 49.5 Å². The molecule has 0 aliphatic heterocycles. The first-order valence-electron chi connectivity index (χ1n) is 5.76. The third-order valence-corrected chi connectivity index (χ3v) is 8.17. The molecule has 1 rings (SSSR count). The highest BCUT2D eigenvalue weighted by Gasteiger charge is 2.43. The summed E-state index contributed by atoms with van der Waals surface area (Å²) in [6.45, 7) is 2.66. The Hall–Kier alpha value is -0.720. The molecule has 0 radical (unpaired) electrons. The van der Waals surface area contributed by atoms with Gasteiger partial charge in [-0.2, -0.15) is 4.79 Å². The Bertz CT molecular complexity index is 551. The van der Waals surface area contributed by atoms with E-state index in [1.165, 1.54) is 13.8 Å². The van der Waals surface area contributed by atoms with Crippen LogP contribution >= 0.6 is 0 Å². The second-order valence-electron chi connectivity index (χ2n) is 5.24. The van der Waals surface area contributed by atoms with Gasteiger partial charge in [-0.25, -0.2) is 16.8 Å². The predicted molar refractivity (Wildman–Crippen MR) is 68.7 cm³/mol. The van der Waals surface area contributed by atoms with Crippen molar-refractivity contribution in [3.8, 4) is 0 Å². The van der Waals surface area contributed by atoms with E-state index in [2.05, 4.69) is 4.79 Å². The molecule has 0 aromatic rings. The quantitative estimate of drug-likeness (QED) is 0.323. The average molecular weight is 294 g/mol. The lowest BCUT2D eigenvalue weighted by Crippen LogP contribution is -2.42. The van der Waals surface area contributed by atoms with Crippen LogP contribution < -0.4 is 0 Å². The molecule has 0 aromatic carbocycles. The first kappa shape index (κ1) is 15.3. The second-order valence-corrected chi connectivity index (χ2v) is 9.93. The van der Waals surface area contributed by atoms with Crippen LogP contribution in [0.25, 0.3) is 5.53 Å². The van der Waals surface area contributed by atoms with E-state index in [0.717, 1.165) is 12.8 Å². The Labute approximate surface area is 108 Å². The lowest BCUT2D eigenvalue weighted by Gasteiger charge is -2.22. The summed E-state index contributed by atoms with van der Waals surface area (Å²) in [5.41, 5.74) is 8.72. The zero-order valence-electron chi connectivity index (χ0n) is 10.5. The Kier molecular flexibility index (Phi) is 4.35. The number of rotatable bonds is 5. The van der Waals surface area contributed by atoms with Crippen molar-refractivity contribution >= 4 is 25.2 Å². The fourth-order valence-corrected chi connectivity index (χ4v) is 5.95. The van der Waals surface area contributed by atoms with Crippen LogP contribution in [0.15, 0.2) is 0 Å². The minimum Gasteiger partial charge on any atom is -0.361 e. The lowest BCUT2D eigenvalue weighted by molar-refractivity contribution is 0.00741. The highest BCUT2D eigenvalue weighted by atomic mass is 32.2. The van der Waals surface area contributed by atoms with Gasteiger partial charge >= 0.3 is 5.55 Å². The summed E-state index contributed by atoms with van der Waals surface area (Å²) in [5, 5.41) is -0.432. The molecule has 104 valence electrons. The van der Waals surface area contributed by atoms with Crippen molar-refractivity contribution in [2.24, 2.45) is 0 Å². The summed E-state index contributed by atoms with van der Waals surface area (Å²) in [6.07, 6.45) is 2.95. The highest BCUT2D eigenvalue weighted by Crippen LogP contribution is 2.29. The number of sulfone groups is 2. The van der Waals surface area contributed by atoms with Gasteiger partial charge in [0.15, 0.2) is 9.84 Å². The maximum absolute atomic E-state index is 12.1. The molecule has 6 nitrogen and oxygen atoms in total. The van der Waals surface area contributed by atoms with Crippen LogP contribution in [0.4, 0.5) is 0 Å². The van der Waals surface area contributed by atoms with E-state index < -0.39 is 35.4 Å². The zero-order valence-corrected chi connectivity index (χ0v) is 12.2. The SMILES string of the molecule is CC(C)(CS(=O)(=O)C1CCCC1)S(=O)(=O)C=[N+]=[N-]. The van der Waals surface area contributed by atoms with Crippen molar-refractivity contribution in [1.29, 1.82) is 0 Å². The van der Waals surface area contributed by atoms with Crippen LogP contribution in [-0.4, -0.2) is 42.9 Å². The molecule has 0 N–H and O–H groups in total. The molecule has 0 unspecified atom stereocenters. The lowest BCUT2D eigenvalue weighted by atomic mass is 10.2. The van der Waals surface area contributed by atoms with Crippen LogP contribution in [0.3, 0.4) is 0 Å². The third-order valence-electron chi connectivity index (χ3n) is 3.31. The first-order valence-corrected chi connectivity index (χ1v) is 9.02. The molecule has 0 spiro atoms. The highest BCUT2D eigenvalue weighted by molar-refractivity contribution is 8.06. The summed E-state index contributed by atoms with van der Waals surface area (Å²) in [6, 6.07) is 0. The van der Waals surface area contributed by atoms with Crippen molar-refractivity contribution in [1.82, 2.24) is 0 Å². The zero-order chi connectivity index (χ0) is 14.0. The molecular formula is C10H18N2O4S2. The summed E-state index contributed by atoms with van der Waals surface area (Å²) < 4.78 is 46.3. The molecule has 0 bridgehead atoms. The molecule has 0 heterocycles. The van der Waals surface area contributed by atoms with Gasteiger partial charge in [0, 0.05) is 0 Å². The van der Waals surface area contributed by atoms with Gasteiger partial charge in [-0.1, -0.05) is 12.8 Å². The van der Waals surface area contributed by atoms with Crippen LogP contribution in [0.5, 0.6) is 0 Å². The molecule has 0 saturated heterocycles. The molecule has 8 heteroatoms. The standard InChI is InChI=1S/C10H18N2O4S2/c1-10(2,18(15,16)8-12-11)7-17(13,14)9-5-3-4-6-9/h8-9H,3-7H2,1-2H3.